The number of benzene rings is 1. The number of allylic oxidation sites excluding steroid dienone is 2. The van der Waals surface area contributed by atoms with Crippen LogP contribution >= 0.6 is 0 Å². The zero-order valence-electron chi connectivity index (χ0n) is 14.3. The summed E-state index contributed by atoms with van der Waals surface area (Å²) >= 11 is 0. The minimum Gasteiger partial charge on any atom is -0.507 e. The van der Waals surface area contributed by atoms with E-state index in [4.69, 9.17) is 4.74 Å². The van der Waals surface area contributed by atoms with Gasteiger partial charge >= 0.3 is 0 Å². The monoisotopic (exact) mass is 300 g/mol. The Balaban J connectivity index is 1.97. The second-order valence-corrected chi connectivity index (χ2v) is 7.54. The maximum Gasteiger partial charge on any atom is 0.127 e. The zero-order chi connectivity index (χ0) is 15.9. The first-order chi connectivity index (χ1) is 10.4. The highest BCUT2D eigenvalue weighted by Crippen LogP contribution is 2.54. The molecule has 0 bridgehead atoms. The highest BCUT2D eigenvalue weighted by molar-refractivity contribution is 5.54. The summed E-state index contributed by atoms with van der Waals surface area (Å²) in [6.07, 6.45) is 8.02. The van der Waals surface area contributed by atoms with Crippen molar-refractivity contribution in [2.24, 2.45) is 5.92 Å². The van der Waals surface area contributed by atoms with E-state index in [9.17, 15) is 5.11 Å². The summed E-state index contributed by atoms with van der Waals surface area (Å²) in [5, 5.41) is 10.6. The number of phenolic OH excluding ortho intramolecular Hbond substituents is 1. The quantitative estimate of drug-likeness (QED) is 0.600. The average Bonchev–Trinajstić information content (AvgIpc) is 2.80. The fourth-order valence-corrected chi connectivity index (χ4v) is 4.10. The van der Waals surface area contributed by atoms with Gasteiger partial charge in [-0.2, -0.15) is 0 Å². The number of aromatic hydroxyl groups is 1. The van der Waals surface area contributed by atoms with Crippen LogP contribution in [0.1, 0.15) is 70.4 Å². The van der Waals surface area contributed by atoms with Crippen molar-refractivity contribution in [3.63, 3.8) is 0 Å². The molecule has 0 fully saturated rings. The lowest BCUT2D eigenvalue weighted by Gasteiger charge is -2.42. The van der Waals surface area contributed by atoms with Crippen molar-refractivity contribution >= 4 is 0 Å². The third-order valence-corrected chi connectivity index (χ3v) is 5.29. The smallest absolute Gasteiger partial charge is 0.127 e. The third-order valence-electron chi connectivity index (χ3n) is 5.29. The number of hydrogen-bond acceptors (Lipinski definition) is 2. The number of hydrogen-bond donors (Lipinski definition) is 1. The van der Waals surface area contributed by atoms with Gasteiger partial charge in [-0.1, -0.05) is 31.4 Å². The topological polar surface area (TPSA) is 29.5 Å². The van der Waals surface area contributed by atoms with Gasteiger partial charge in [0.15, 0.2) is 0 Å². The summed E-state index contributed by atoms with van der Waals surface area (Å²) in [5.41, 5.74) is 3.42. The van der Waals surface area contributed by atoms with Crippen LogP contribution in [-0.2, 0) is 6.42 Å². The summed E-state index contributed by atoms with van der Waals surface area (Å²) in [4.78, 5) is 0. The Morgan fingerprint density at radius 3 is 2.77 bits per heavy atom. The first-order valence-corrected chi connectivity index (χ1v) is 8.64. The van der Waals surface area contributed by atoms with E-state index in [1.165, 1.54) is 30.4 Å². The molecule has 3 rings (SSSR count). The molecule has 120 valence electrons. The van der Waals surface area contributed by atoms with Crippen LogP contribution in [0.15, 0.2) is 23.8 Å². The van der Waals surface area contributed by atoms with Crippen LogP contribution in [0.5, 0.6) is 11.5 Å². The van der Waals surface area contributed by atoms with E-state index >= 15 is 0 Å². The molecule has 22 heavy (non-hydrogen) atoms. The molecule has 0 aromatic heterocycles. The molecule has 1 aromatic carbocycles. The summed E-state index contributed by atoms with van der Waals surface area (Å²) in [7, 11) is 0. The lowest BCUT2D eigenvalue weighted by molar-refractivity contribution is 0.0224. The number of aryl methyl sites for hydroxylation is 1. The molecule has 1 N–H and O–H groups in total. The molecule has 0 spiro atoms. The second-order valence-electron chi connectivity index (χ2n) is 7.54. The van der Waals surface area contributed by atoms with Crippen LogP contribution in [0.3, 0.4) is 0 Å². The minimum atomic E-state index is -0.180. The number of rotatable bonds is 4. The van der Waals surface area contributed by atoms with Gasteiger partial charge in [0.25, 0.3) is 0 Å². The molecule has 0 radical (unpaired) electrons. The molecule has 1 aliphatic carbocycles. The van der Waals surface area contributed by atoms with Gasteiger partial charge < -0.3 is 9.84 Å². The van der Waals surface area contributed by atoms with Crippen molar-refractivity contribution in [3.05, 3.63) is 34.9 Å². The van der Waals surface area contributed by atoms with E-state index < -0.39 is 0 Å². The molecular formula is C20H28O2. The van der Waals surface area contributed by atoms with E-state index in [2.05, 4.69) is 39.8 Å². The molecule has 0 saturated carbocycles. The predicted molar refractivity (Wildman–Crippen MR) is 90.6 cm³/mol. The SMILES string of the molecule is CCCCCc1cc(O)c2c(c1)OC(C)(C)[C@H]1CC(C)=CC21. The van der Waals surface area contributed by atoms with Crippen LogP contribution in [-0.4, -0.2) is 10.7 Å². The van der Waals surface area contributed by atoms with Crippen LogP contribution in [0.25, 0.3) is 0 Å². The van der Waals surface area contributed by atoms with Crippen molar-refractivity contribution in [2.45, 2.75) is 71.3 Å². The molecule has 2 atom stereocenters. The average molecular weight is 300 g/mol. The number of unbranched alkanes of at least 4 members (excludes halogenated alkanes) is 2. The number of fused-ring (bicyclic) bond motifs is 3. The first-order valence-electron chi connectivity index (χ1n) is 8.64. The molecule has 2 aliphatic rings. The number of ether oxygens (including phenoxy) is 1. The van der Waals surface area contributed by atoms with E-state index in [0.29, 0.717) is 17.6 Å². The van der Waals surface area contributed by atoms with Crippen molar-refractivity contribution in [1.82, 2.24) is 0 Å². The van der Waals surface area contributed by atoms with Crippen LogP contribution < -0.4 is 4.74 Å². The Bertz CT molecular complexity index is 598. The minimum absolute atomic E-state index is 0.180. The molecule has 0 saturated heterocycles. The summed E-state index contributed by atoms with van der Waals surface area (Å²) in [5.74, 6) is 2.03. The van der Waals surface area contributed by atoms with Gasteiger partial charge in [0.05, 0.1) is 0 Å². The van der Waals surface area contributed by atoms with Crippen LogP contribution in [0.4, 0.5) is 0 Å². The molecule has 1 aromatic rings. The Labute approximate surface area is 134 Å². The second kappa shape index (κ2) is 5.64. The molecule has 1 aliphatic heterocycles. The Morgan fingerprint density at radius 2 is 2.05 bits per heavy atom. The van der Waals surface area contributed by atoms with Gasteiger partial charge in [-0.3, -0.25) is 0 Å². The Kier molecular flexibility index (Phi) is 3.96. The van der Waals surface area contributed by atoms with Crippen molar-refractivity contribution in [2.75, 3.05) is 0 Å². The molecular weight excluding hydrogens is 272 g/mol. The van der Waals surface area contributed by atoms with Gasteiger partial charge in [0.2, 0.25) is 0 Å². The van der Waals surface area contributed by atoms with Crippen LogP contribution in [0.2, 0.25) is 0 Å². The fourth-order valence-electron chi connectivity index (χ4n) is 4.10. The number of phenols is 1. The van der Waals surface area contributed by atoms with Gasteiger partial charge in [0, 0.05) is 17.4 Å². The van der Waals surface area contributed by atoms with Gasteiger partial charge in [-0.05, 0) is 57.7 Å². The lowest BCUT2D eigenvalue weighted by atomic mass is 9.75. The van der Waals surface area contributed by atoms with E-state index in [-0.39, 0.29) is 5.60 Å². The van der Waals surface area contributed by atoms with E-state index in [1.54, 1.807) is 0 Å². The molecule has 0 amide bonds. The lowest BCUT2D eigenvalue weighted by Crippen LogP contribution is -2.42. The van der Waals surface area contributed by atoms with Gasteiger partial charge in [-0.15, -0.1) is 0 Å². The summed E-state index contributed by atoms with van der Waals surface area (Å²) in [6, 6.07) is 4.11. The van der Waals surface area contributed by atoms with Crippen molar-refractivity contribution in [3.8, 4) is 11.5 Å². The molecule has 2 heteroatoms. The van der Waals surface area contributed by atoms with Gasteiger partial charge in [-0.25, -0.2) is 0 Å². The summed E-state index contributed by atoms with van der Waals surface area (Å²) in [6.45, 7) is 8.76. The predicted octanol–water partition coefficient (Wildman–Crippen LogP) is 5.35. The molecule has 1 heterocycles. The first kappa shape index (κ1) is 15.5. The van der Waals surface area contributed by atoms with Crippen molar-refractivity contribution < 1.29 is 9.84 Å². The normalized spacial score (nSPS) is 25.2. The zero-order valence-corrected chi connectivity index (χ0v) is 14.3. The van der Waals surface area contributed by atoms with E-state index in [1.807, 2.05) is 6.07 Å². The molecule has 1 unspecified atom stereocenters. The highest BCUT2D eigenvalue weighted by Gasteiger charge is 2.46. The highest BCUT2D eigenvalue weighted by atomic mass is 16.5. The standard InChI is InChI=1S/C20H28O2/c1-5-6-7-8-14-11-17(21)19-15-9-13(2)10-16(15)20(3,4)22-18(19)12-14/h9,11-12,15-16,21H,5-8,10H2,1-4H3/t15?,16-/m0/s1. The van der Waals surface area contributed by atoms with E-state index in [0.717, 1.165) is 24.2 Å². The fraction of sp³-hybridized carbons (Fsp3) is 0.600. The molecule has 2 nitrogen and oxygen atoms in total. The maximum atomic E-state index is 10.6. The van der Waals surface area contributed by atoms with Crippen molar-refractivity contribution in [1.29, 1.82) is 0 Å². The Hall–Kier alpha value is -1.44. The van der Waals surface area contributed by atoms with Crippen LogP contribution in [0, 0.1) is 5.92 Å². The summed E-state index contributed by atoms with van der Waals surface area (Å²) < 4.78 is 6.32. The maximum absolute atomic E-state index is 10.6. The Morgan fingerprint density at radius 1 is 1.27 bits per heavy atom. The van der Waals surface area contributed by atoms with Gasteiger partial charge in [0.1, 0.15) is 17.1 Å². The largest absolute Gasteiger partial charge is 0.507 e. The third kappa shape index (κ3) is 2.64.